The van der Waals surface area contributed by atoms with Gasteiger partial charge < -0.3 is 5.73 Å². The Morgan fingerprint density at radius 1 is 1.24 bits per heavy atom. The Labute approximate surface area is 131 Å². The van der Waals surface area contributed by atoms with Gasteiger partial charge >= 0.3 is 0 Å². The van der Waals surface area contributed by atoms with Crippen LogP contribution in [0, 0.1) is 6.92 Å². The molecule has 0 amide bonds. The third-order valence-corrected chi connectivity index (χ3v) is 4.59. The highest BCUT2D eigenvalue weighted by Crippen LogP contribution is 2.32. The zero-order chi connectivity index (χ0) is 15.4. The maximum absolute atomic E-state index is 6.18. The SMILES string of the molecule is CCC(N)Cc1c(C)nn(-c2ccccc2)c1SC(C)C. The molecule has 0 aliphatic heterocycles. The van der Waals surface area contributed by atoms with Gasteiger partial charge in [-0.3, -0.25) is 0 Å². The molecule has 0 radical (unpaired) electrons. The van der Waals surface area contributed by atoms with E-state index in [-0.39, 0.29) is 6.04 Å². The minimum atomic E-state index is 0.198. The molecule has 0 bridgehead atoms. The molecule has 2 N–H and O–H groups in total. The molecule has 3 nitrogen and oxygen atoms in total. The molecule has 0 saturated carbocycles. The Balaban J connectivity index is 2.47. The molecule has 4 heteroatoms. The summed E-state index contributed by atoms with van der Waals surface area (Å²) in [7, 11) is 0. The minimum absolute atomic E-state index is 0.198. The fourth-order valence-electron chi connectivity index (χ4n) is 2.27. The van der Waals surface area contributed by atoms with Crippen molar-refractivity contribution in [3.63, 3.8) is 0 Å². The van der Waals surface area contributed by atoms with Crippen LogP contribution < -0.4 is 5.73 Å². The van der Waals surface area contributed by atoms with Crippen molar-refractivity contribution >= 4 is 11.8 Å². The average Bonchev–Trinajstić information content (AvgIpc) is 2.76. The molecule has 0 aliphatic carbocycles. The molecule has 1 aromatic heterocycles. The molecule has 0 aliphatic rings. The Hall–Kier alpha value is -1.26. The first-order chi connectivity index (χ1) is 10.0. The lowest BCUT2D eigenvalue weighted by molar-refractivity contribution is 0.637. The van der Waals surface area contributed by atoms with Gasteiger partial charge in [0, 0.05) is 16.9 Å². The number of para-hydroxylation sites is 1. The van der Waals surface area contributed by atoms with Gasteiger partial charge in [-0.1, -0.05) is 39.0 Å². The van der Waals surface area contributed by atoms with Gasteiger partial charge in [-0.05, 0) is 31.9 Å². The van der Waals surface area contributed by atoms with E-state index in [2.05, 4.69) is 44.5 Å². The first-order valence-corrected chi connectivity index (χ1v) is 8.47. The normalized spacial score (nSPS) is 12.9. The van der Waals surface area contributed by atoms with E-state index in [9.17, 15) is 0 Å². The molecule has 114 valence electrons. The van der Waals surface area contributed by atoms with Crippen LogP contribution in [0.1, 0.15) is 38.4 Å². The van der Waals surface area contributed by atoms with E-state index in [1.54, 1.807) is 0 Å². The van der Waals surface area contributed by atoms with Crippen LogP contribution in [-0.2, 0) is 6.42 Å². The number of thioether (sulfide) groups is 1. The van der Waals surface area contributed by atoms with Crippen LogP contribution in [0.25, 0.3) is 5.69 Å². The summed E-state index contributed by atoms with van der Waals surface area (Å²) in [5, 5.41) is 6.51. The first kappa shape index (κ1) is 16.1. The minimum Gasteiger partial charge on any atom is -0.327 e. The number of aromatic nitrogens is 2. The Morgan fingerprint density at radius 2 is 1.90 bits per heavy atom. The number of rotatable bonds is 6. The van der Waals surface area contributed by atoms with Crippen molar-refractivity contribution in [2.75, 3.05) is 0 Å². The summed E-state index contributed by atoms with van der Waals surface area (Å²) in [6.07, 6.45) is 1.88. The zero-order valence-electron chi connectivity index (χ0n) is 13.3. The molecular formula is C17H25N3S. The van der Waals surface area contributed by atoms with Crippen molar-refractivity contribution in [3.8, 4) is 5.69 Å². The van der Waals surface area contributed by atoms with Crippen LogP contribution in [0.15, 0.2) is 35.4 Å². The van der Waals surface area contributed by atoms with Crippen LogP contribution in [0.5, 0.6) is 0 Å². The molecule has 1 atom stereocenters. The van der Waals surface area contributed by atoms with Gasteiger partial charge in [0.25, 0.3) is 0 Å². The molecule has 2 rings (SSSR count). The Kier molecular flexibility index (Phi) is 5.48. The topological polar surface area (TPSA) is 43.8 Å². The maximum Gasteiger partial charge on any atom is 0.104 e. The van der Waals surface area contributed by atoms with E-state index in [0.29, 0.717) is 5.25 Å². The summed E-state index contributed by atoms with van der Waals surface area (Å²) in [6, 6.07) is 10.5. The summed E-state index contributed by atoms with van der Waals surface area (Å²) in [5.74, 6) is 0. The molecule has 2 aromatic rings. The van der Waals surface area contributed by atoms with E-state index >= 15 is 0 Å². The molecule has 1 aromatic carbocycles. The number of aryl methyl sites for hydroxylation is 1. The first-order valence-electron chi connectivity index (χ1n) is 7.59. The van der Waals surface area contributed by atoms with Crippen LogP contribution >= 0.6 is 11.8 Å². The van der Waals surface area contributed by atoms with E-state index in [1.807, 2.05) is 30.0 Å². The second kappa shape index (κ2) is 7.14. The Bertz CT molecular complexity index is 575. The number of benzene rings is 1. The maximum atomic E-state index is 6.18. The van der Waals surface area contributed by atoms with Crippen molar-refractivity contribution in [1.29, 1.82) is 0 Å². The van der Waals surface area contributed by atoms with Crippen LogP contribution in [0.3, 0.4) is 0 Å². The van der Waals surface area contributed by atoms with E-state index < -0.39 is 0 Å². The molecule has 21 heavy (non-hydrogen) atoms. The summed E-state index contributed by atoms with van der Waals surface area (Å²) in [5.41, 5.74) is 9.67. The molecule has 1 unspecified atom stereocenters. The predicted octanol–water partition coefficient (Wildman–Crippen LogP) is 3.96. The monoisotopic (exact) mass is 303 g/mol. The second-order valence-electron chi connectivity index (χ2n) is 5.66. The van der Waals surface area contributed by atoms with Crippen molar-refractivity contribution in [2.45, 2.75) is 56.9 Å². The van der Waals surface area contributed by atoms with Gasteiger partial charge in [0.2, 0.25) is 0 Å². The second-order valence-corrected chi connectivity index (χ2v) is 7.22. The highest BCUT2D eigenvalue weighted by atomic mass is 32.2. The van der Waals surface area contributed by atoms with Gasteiger partial charge in [0.05, 0.1) is 11.4 Å². The van der Waals surface area contributed by atoms with Crippen molar-refractivity contribution in [3.05, 3.63) is 41.6 Å². The summed E-state index contributed by atoms with van der Waals surface area (Å²) in [6.45, 7) is 8.65. The molecule has 1 heterocycles. The third-order valence-electron chi connectivity index (χ3n) is 3.48. The van der Waals surface area contributed by atoms with Crippen molar-refractivity contribution < 1.29 is 0 Å². The highest BCUT2D eigenvalue weighted by Gasteiger charge is 2.19. The lowest BCUT2D eigenvalue weighted by Crippen LogP contribution is -2.22. The van der Waals surface area contributed by atoms with Crippen LogP contribution in [0.2, 0.25) is 0 Å². The quantitative estimate of drug-likeness (QED) is 0.821. The fourth-order valence-corrected chi connectivity index (χ4v) is 3.33. The van der Waals surface area contributed by atoms with E-state index in [1.165, 1.54) is 10.6 Å². The number of nitrogens with two attached hydrogens (primary N) is 1. The van der Waals surface area contributed by atoms with Gasteiger partial charge in [-0.15, -0.1) is 11.8 Å². The Morgan fingerprint density at radius 3 is 2.48 bits per heavy atom. The zero-order valence-corrected chi connectivity index (χ0v) is 14.2. The largest absolute Gasteiger partial charge is 0.327 e. The number of hydrogen-bond donors (Lipinski definition) is 1. The van der Waals surface area contributed by atoms with E-state index in [0.717, 1.165) is 24.2 Å². The number of hydrogen-bond acceptors (Lipinski definition) is 3. The summed E-state index contributed by atoms with van der Waals surface area (Å²) < 4.78 is 2.07. The highest BCUT2D eigenvalue weighted by molar-refractivity contribution is 7.99. The average molecular weight is 303 g/mol. The lowest BCUT2D eigenvalue weighted by Gasteiger charge is -2.13. The van der Waals surface area contributed by atoms with Gasteiger partial charge in [-0.25, -0.2) is 4.68 Å². The molecule has 0 spiro atoms. The predicted molar refractivity (Wildman–Crippen MR) is 91.3 cm³/mol. The molecule has 0 fully saturated rings. The van der Waals surface area contributed by atoms with Gasteiger partial charge in [0.1, 0.15) is 5.03 Å². The van der Waals surface area contributed by atoms with Crippen molar-refractivity contribution in [1.82, 2.24) is 9.78 Å². The summed E-state index contributed by atoms with van der Waals surface area (Å²) >= 11 is 1.86. The molecule has 0 saturated heterocycles. The molecular weight excluding hydrogens is 278 g/mol. The van der Waals surface area contributed by atoms with Gasteiger partial charge in [-0.2, -0.15) is 5.10 Å². The summed E-state index contributed by atoms with van der Waals surface area (Å²) in [4.78, 5) is 0. The van der Waals surface area contributed by atoms with Crippen LogP contribution in [0.4, 0.5) is 0 Å². The standard InChI is InChI=1S/C17H25N3S/c1-5-14(18)11-16-13(4)19-20(17(16)21-12(2)3)15-9-7-6-8-10-15/h6-10,12,14H,5,11,18H2,1-4H3. The fraction of sp³-hybridized carbons (Fsp3) is 0.471. The smallest absolute Gasteiger partial charge is 0.104 e. The van der Waals surface area contributed by atoms with E-state index in [4.69, 9.17) is 10.8 Å². The van der Waals surface area contributed by atoms with Crippen LogP contribution in [-0.4, -0.2) is 21.1 Å². The number of nitrogens with zero attached hydrogens (tertiary/aromatic N) is 2. The third kappa shape index (κ3) is 3.89. The van der Waals surface area contributed by atoms with Crippen molar-refractivity contribution in [2.24, 2.45) is 5.73 Å². The lowest BCUT2D eigenvalue weighted by atomic mass is 10.1. The van der Waals surface area contributed by atoms with Gasteiger partial charge in [0.15, 0.2) is 0 Å².